The molecule has 0 aromatic heterocycles. The van der Waals surface area contributed by atoms with Crippen LogP contribution in [0.3, 0.4) is 0 Å². The lowest BCUT2D eigenvalue weighted by molar-refractivity contribution is -0.145. The monoisotopic (exact) mass is 345 g/mol. The molecule has 5 nitrogen and oxygen atoms in total. The lowest BCUT2D eigenvalue weighted by Crippen LogP contribution is -2.48. The second kappa shape index (κ2) is 7.56. The largest absolute Gasteiger partial charge is 0.480 e. The van der Waals surface area contributed by atoms with Crippen LogP contribution in [0.15, 0.2) is 24.3 Å². The number of fused-ring (bicyclic) bond motifs is 1. The number of nitrogens with one attached hydrogen (secondary N) is 1. The van der Waals surface area contributed by atoms with E-state index in [1.165, 1.54) is 11.1 Å². The Kier molecular flexibility index (Phi) is 5.42. The number of carboxylic acids is 1. The number of hydrogen-bond donors (Lipinski definition) is 2. The first-order valence-electron chi connectivity index (χ1n) is 9.18. The molecule has 0 aliphatic heterocycles. The molecule has 0 radical (unpaired) electrons. The summed E-state index contributed by atoms with van der Waals surface area (Å²) in [6.07, 6.45) is 6.56. The Morgan fingerprint density at radius 2 is 2.08 bits per heavy atom. The average molecular weight is 345 g/mol. The van der Waals surface area contributed by atoms with Crippen LogP contribution in [0.2, 0.25) is 0 Å². The summed E-state index contributed by atoms with van der Waals surface area (Å²) in [5.74, 6) is -0.999. The summed E-state index contributed by atoms with van der Waals surface area (Å²) >= 11 is 0. The molecule has 0 saturated heterocycles. The van der Waals surface area contributed by atoms with E-state index in [-0.39, 0.29) is 23.8 Å². The average Bonchev–Trinajstić information content (AvgIpc) is 2.57. The van der Waals surface area contributed by atoms with Gasteiger partial charge in [0.15, 0.2) is 0 Å². The normalized spacial score (nSPS) is 22.4. The van der Waals surface area contributed by atoms with E-state index in [0.717, 1.165) is 38.5 Å². The fraction of sp³-hybridized carbons (Fsp3) is 0.600. The van der Waals surface area contributed by atoms with Gasteiger partial charge in [0, 0.05) is 7.11 Å². The van der Waals surface area contributed by atoms with E-state index >= 15 is 0 Å². The van der Waals surface area contributed by atoms with Gasteiger partial charge in [-0.1, -0.05) is 24.3 Å². The van der Waals surface area contributed by atoms with Crippen LogP contribution in [0.25, 0.3) is 0 Å². The molecule has 25 heavy (non-hydrogen) atoms. The summed E-state index contributed by atoms with van der Waals surface area (Å²) in [5, 5.41) is 12.3. The van der Waals surface area contributed by atoms with Crippen molar-refractivity contribution in [2.75, 3.05) is 7.11 Å². The van der Waals surface area contributed by atoms with E-state index in [4.69, 9.17) is 4.74 Å². The molecule has 2 aliphatic carbocycles. The van der Waals surface area contributed by atoms with E-state index in [1.807, 2.05) is 12.1 Å². The van der Waals surface area contributed by atoms with Gasteiger partial charge in [0.25, 0.3) is 0 Å². The molecule has 1 amide bonds. The first kappa shape index (κ1) is 17.9. The van der Waals surface area contributed by atoms with E-state index in [0.29, 0.717) is 6.42 Å². The predicted octanol–water partition coefficient (Wildman–Crippen LogP) is 3.03. The molecular formula is C20H27NO4. The maximum Gasteiger partial charge on any atom is 0.326 e. The van der Waals surface area contributed by atoms with Gasteiger partial charge in [0.2, 0.25) is 5.91 Å². The van der Waals surface area contributed by atoms with Crippen LogP contribution in [0.1, 0.15) is 62.0 Å². The highest BCUT2D eigenvalue weighted by molar-refractivity contribution is 5.84. The van der Waals surface area contributed by atoms with Crippen LogP contribution in [0, 0.1) is 0 Å². The Morgan fingerprint density at radius 3 is 2.72 bits per heavy atom. The van der Waals surface area contributed by atoms with Gasteiger partial charge in [0.1, 0.15) is 6.04 Å². The molecule has 136 valence electrons. The molecule has 1 aromatic carbocycles. The highest BCUT2D eigenvalue weighted by atomic mass is 16.5. The molecule has 0 spiro atoms. The minimum Gasteiger partial charge on any atom is -0.480 e. The summed E-state index contributed by atoms with van der Waals surface area (Å²) in [6, 6.07) is 7.39. The number of amides is 1. The molecule has 0 bridgehead atoms. The number of carbonyl (C=O) groups is 2. The lowest BCUT2D eigenvalue weighted by atomic mass is 9.77. The van der Waals surface area contributed by atoms with Gasteiger partial charge in [-0.15, -0.1) is 0 Å². The number of hydrogen-bond acceptors (Lipinski definition) is 3. The second-order valence-corrected chi connectivity index (χ2v) is 7.40. The Hall–Kier alpha value is -1.88. The van der Waals surface area contributed by atoms with Gasteiger partial charge in [-0.3, -0.25) is 4.79 Å². The smallest absolute Gasteiger partial charge is 0.326 e. The SMILES string of the molecule is COC1(CC(=O)NC(CC2CCCc3ccccc32)C(=O)O)CCC1. The molecule has 0 heterocycles. The van der Waals surface area contributed by atoms with Crippen molar-refractivity contribution in [1.29, 1.82) is 0 Å². The number of methoxy groups -OCH3 is 1. The van der Waals surface area contributed by atoms with Crippen LogP contribution in [-0.4, -0.2) is 35.7 Å². The fourth-order valence-corrected chi connectivity index (χ4v) is 4.17. The van der Waals surface area contributed by atoms with Gasteiger partial charge in [-0.25, -0.2) is 4.79 Å². The molecule has 5 heteroatoms. The molecule has 2 unspecified atom stereocenters. The van der Waals surface area contributed by atoms with Gasteiger partial charge in [0.05, 0.1) is 12.0 Å². The summed E-state index contributed by atoms with van der Waals surface area (Å²) < 4.78 is 5.47. The molecule has 3 rings (SSSR count). The highest BCUT2D eigenvalue weighted by Crippen LogP contribution is 2.38. The molecule has 1 aromatic rings. The van der Waals surface area contributed by atoms with Crippen molar-refractivity contribution in [2.45, 2.75) is 68.9 Å². The molecule has 2 aliphatic rings. The van der Waals surface area contributed by atoms with Gasteiger partial charge in [-0.05, 0) is 62.0 Å². The lowest BCUT2D eigenvalue weighted by Gasteiger charge is -2.40. The Morgan fingerprint density at radius 1 is 1.32 bits per heavy atom. The third-order valence-electron chi connectivity index (χ3n) is 5.83. The number of ether oxygens (including phenoxy) is 1. The quantitative estimate of drug-likeness (QED) is 0.796. The Labute approximate surface area is 148 Å². The minimum absolute atomic E-state index is 0.187. The van der Waals surface area contributed by atoms with E-state index in [9.17, 15) is 14.7 Å². The summed E-state index contributed by atoms with van der Waals surface area (Å²) in [4.78, 5) is 24.1. The van der Waals surface area contributed by atoms with E-state index < -0.39 is 12.0 Å². The van der Waals surface area contributed by atoms with Crippen LogP contribution in [0.4, 0.5) is 0 Å². The van der Waals surface area contributed by atoms with Crippen LogP contribution in [0.5, 0.6) is 0 Å². The standard InChI is InChI=1S/C20H27NO4/c1-25-20(10-5-11-20)13-18(22)21-17(19(23)24)12-15-8-4-7-14-6-2-3-9-16(14)15/h2-3,6,9,15,17H,4-5,7-8,10-13H2,1H3,(H,21,22)(H,23,24). The molecule has 1 saturated carbocycles. The molecule has 2 N–H and O–H groups in total. The Bertz CT molecular complexity index is 633. The highest BCUT2D eigenvalue weighted by Gasteiger charge is 2.40. The van der Waals surface area contributed by atoms with Crippen molar-refractivity contribution in [3.05, 3.63) is 35.4 Å². The summed E-state index contributed by atoms with van der Waals surface area (Å²) in [6.45, 7) is 0. The van der Waals surface area contributed by atoms with Gasteiger partial charge in [-0.2, -0.15) is 0 Å². The molecule has 2 atom stereocenters. The maximum atomic E-state index is 12.4. The summed E-state index contributed by atoms with van der Waals surface area (Å²) in [5.41, 5.74) is 2.16. The molecule has 1 fully saturated rings. The second-order valence-electron chi connectivity index (χ2n) is 7.40. The zero-order chi connectivity index (χ0) is 17.9. The van der Waals surface area contributed by atoms with Crippen LogP contribution in [-0.2, 0) is 20.7 Å². The number of benzene rings is 1. The maximum absolute atomic E-state index is 12.4. The van der Waals surface area contributed by atoms with Crippen LogP contribution < -0.4 is 5.32 Å². The fourth-order valence-electron chi connectivity index (χ4n) is 4.17. The van der Waals surface area contributed by atoms with Crippen LogP contribution >= 0.6 is 0 Å². The van der Waals surface area contributed by atoms with Crippen molar-refractivity contribution in [3.63, 3.8) is 0 Å². The minimum atomic E-state index is -0.962. The zero-order valence-electron chi connectivity index (χ0n) is 14.8. The topological polar surface area (TPSA) is 75.6 Å². The first-order valence-corrected chi connectivity index (χ1v) is 9.18. The number of aryl methyl sites for hydroxylation is 1. The number of rotatable bonds is 7. The Balaban J connectivity index is 1.64. The number of aliphatic carboxylic acids is 1. The number of carboxylic acid groups (broad SMARTS) is 1. The first-order chi connectivity index (χ1) is 12.0. The number of carbonyl (C=O) groups excluding carboxylic acids is 1. The molecular weight excluding hydrogens is 318 g/mol. The third kappa shape index (κ3) is 4.03. The van der Waals surface area contributed by atoms with Gasteiger partial charge >= 0.3 is 5.97 Å². The van der Waals surface area contributed by atoms with Gasteiger partial charge < -0.3 is 15.2 Å². The zero-order valence-corrected chi connectivity index (χ0v) is 14.8. The van der Waals surface area contributed by atoms with Crippen molar-refractivity contribution in [2.24, 2.45) is 0 Å². The van der Waals surface area contributed by atoms with E-state index in [2.05, 4.69) is 17.4 Å². The van der Waals surface area contributed by atoms with Crippen molar-refractivity contribution >= 4 is 11.9 Å². The van der Waals surface area contributed by atoms with E-state index in [1.54, 1.807) is 7.11 Å². The van der Waals surface area contributed by atoms with Crippen molar-refractivity contribution in [3.8, 4) is 0 Å². The van der Waals surface area contributed by atoms with Crippen molar-refractivity contribution < 1.29 is 19.4 Å². The third-order valence-corrected chi connectivity index (χ3v) is 5.83. The summed E-state index contributed by atoms with van der Waals surface area (Å²) in [7, 11) is 1.63. The van der Waals surface area contributed by atoms with Crippen molar-refractivity contribution in [1.82, 2.24) is 5.32 Å². The predicted molar refractivity (Wildman–Crippen MR) is 94.5 cm³/mol.